The Balaban J connectivity index is 2.35. The molecule has 80 valence electrons. The maximum Gasteiger partial charge on any atom is 0.231 e. The lowest BCUT2D eigenvalue weighted by atomic mass is 10.2. The van der Waals surface area contributed by atoms with E-state index in [-0.39, 0.29) is 12.7 Å². The fourth-order valence-corrected chi connectivity index (χ4v) is 1.59. The molecular weight excluding hydrogens is 218 g/mol. The van der Waals surface area contributed by atoms with Crippen LogP contribution in [0.15, 0.2) is 12.1 Å². The molecule has 0 unspecified atom stereocenters. The number of ether oxygens (including phenoxy) is 3. The SMILES string of the molecule is CCOC(=N)c1cc(Cl)c2c(c1)OCO2. The van der Waals surface area contributed by atoms with Crippen LogP contribution in [0, 0.1) is 5.41 Å². The quantitative estimate of drug-likeness (QED) is 0.624. The number of hydrogen-bond acceptors (Lipinski definition) is 4. The Morgan fingerprint density at radius 2 is 2.33 bits per heavy atom. The maximum absolute atomic E-state index is 7.61. The van der Waals surface area contributed by atoms with E-state index in [1.807, 2.05) is 6.92 Å². The summed E-state index contributed by atoms with van der Waals surface area (Å²) in [5, 5.41) is 8.05. The highest BCUT2D eigenvalue weighted by Crippen LogP contribution is 2.39. The first-order chi connectivity index (χ1) is 7.22. The molecule has 1 aliphatic heterocycles. The van der Waals surface area contributed by atoms with E-state index in [4.69, 9.17) is 31.2 Å². The third kappa shape index (κ3) is 1.85. The number of benzene rings is 1. The van der Waals surface area contributed by atoms with E-state index < -0.39 is 0 Å². The highest BCUT2D eigenvalue weighted by molar-refractivity contribution is 6.32. The molecule has 1 aliphatic rings. The van der Waals surface area contributed by atoms with Gasteiger partial charge < -0.3 is 14.2 Å². The van der Waals surface area contributed by atoms with Gasteiger partial charge in [-0.3, -0.25) is 5.41 Å². The Morgan fingerprint density at radius 1 is 1.53 bits per heavy atom. The lowest BCUT2D eigenvalue weighted by Gasteiger charge is -2.06. The zero-order valence-electron chi connectivity index (χ0n) is 8.17. The van der Waals surface area contributed by atoms with Crippen LogP contribution in [0.3, 0.4) is 0 Å². The van der Waals surface area contributed by atoms with Crippen LogP contribution in [-0.2, 0) is 4.74 Å². The summed E-state index contributed by atoms with van der Waals surface area (Å²) in [7, 11) is 0. The molecule has 2 rings (SSSR count). The van der Waals surface area contributed by atoms with Gasteiger partial charge in [-0.1, -0.05) is 11.6 Å². The molecule has 0 bridgehead atoms. The molecule has 0 radical (unpaired) electrons. The van der Waals surface area contributed by atoms with Crippen molar-refractivity contribution in [2.45, 2.75) is 6.92 Å². The molecule has 0 saturated carbocycles. The minimum Gasteiger partial charge on any atom is -0.478 e. The van der Waals surface area contributed by atoms with Crippen molar-refractivity contribution >= 4 is 17.5 Å². The summed E-state index contributed by atoms with van der Waals surface area (Å²) in [5.41, 5.74) is 0.589. The number of nitrogens with one attached hydrogen (secondary N) is 1. The first-order valence-corrected chi connectivity index (χ1v) is 4.91. The van der Waals surface area contributed by atoms with Crippen LogP contribution in [0.5, 0.6) is 11.5 Å². The average Bonchev–Trinajstić information content (AvgIpc) is 2.66. The number of halogens is 1. The lowest BCUT2D eigenvalue weighted by Crippen LogP contribution is -2.04. The Bertz CT molecular complexity index is 406. The van der Waals surface area contributed by atoms with Gasteiger partial charge in [-0.2, -0.15) is 0 Å². The van der Waals surface area contributed by atoms with Gasteiger partial charge in [-0.05, 0) is 19.1 Å². The summed E-state index contributed by atoms with van der Waals surface area (Å²) < 4.78 is 15.4. The largest absolute Gasteiger partial charge is 0.478 e. The molecule has 4 nitrogen and oxygen atoms in total. The van der Waals surface area contributed by atoms with Crippen molar-refractivity contribution in [1.29, 1.82) is 5.41 Å². The van der Waals surface area contributed by atoms with Crippen molar-refractivity contribution in [3.8, 4) is 11.5 Å². The Kier molecular flexibility index (Phi) is 2.68. The highest BCUT2D eigenvalue weighted by atomic mass is 35.5. The van der Waals surface area contributed by atoms with Gasteiger partial charge in [0.15, 0.2) is 11.5 Å². The third-order valence-electron chi connectivity index (χ3n) is 1.98. The summed E-state index contributed by atoms with van der Waals surface area (Å²) in [6.07, 6.45) is 0. The van der Waals surface area contributed by atoms with Gasteiger partial charge in [0, 0.05) is 5.56 Å². The minimum absolute atomic E-state index is 0.0812. The van der Waals surface area contributed by atoms with Crippen molar-refractivity contribution in [3.63, 3.8) is 0 Å². The first kappa shape index (κ1) is 10.1. The minimum atomic E-state index is 0.0812. The molecule has 0 aliphatic carbocycles. The molecule has 0 aromatic heterocycles. The van der Waals surface area contributed by atoms with Crippen molar-refractivity contribution in [3.05, 3.63) is 22.7 Å². The molecule has 0 fully saturated rings. The zero-order valence-corrected chi connectivity index (χ0v) is 8.93. The molecule has 0 spiro atoms. The van der Waals surface area contributed by atoms with Crippen LogP contribution in [0.2, 0.25) is 5.02 Å². The van der Waals surface area contributed by atoms with E-state index in [0.717, 1.165) is 0 Å². The fraction of sp³-hybridized carbons (Fsp3) is 0.300. The van der Waals surface area contributed by atoms with E-state index in [1.54, 1.807) is 12.1 Å². The molecule has 15 heavy (non-hydrogen) atoms. The summed E-state index contributed by atoms with van der Waals surface area (Å²) >= 11 is 5.96. The summed E-state index contributed by atoms with van der Waals surface area (Å²) in [6, 6.07) is 3.32. The molecule has 1 N–H and O–H groups in total. The molecule has 1 heterocycles. The smallest absolute Gasteiger partial charge is 0.231 e. The molecule has 5 heteroatoms. The standard InChI is InChI=1S/C10H10ClNO3/c1-2-13-10(12)6-3-7(11)9-8(4-6)14-5-15-9/h3-4,12H,2,5H2,1H3. The molecular formula is C10H10ClNO3. The van der Waals surface area contributed by atoms with Crippen molar-refractivity contribution < 1.29 is 14.2 Å². The molecule has 0 atom stereocenters. The van der Waals surface area contributed by atoms with Crippen LogP contribution in [0.25, 0.3) is 0 Å². The predicted octanol–water partition coefficient (Wildman–Crippen LogP) is 2.43. The van der Waals surface area contributed by atoms with E-state index in [1.165, 1.54) is 0 Å². The second-order valence-corrected chi connectivity index (χ2v) is 3.36. The fourth-order valence-electron chi connectivity index (χ4n) is 1.33. The third-order valence-corrected chi connectivity index (χ3v) is 2.26. The zero-order chi connectivity index (χ0) is 10.8. The average molecular weight is 228 g/mol. The Morgan fingerprint density at radius 3 is 3.07 bits per heavy atom. The van der Waals surface area contributed by atoms with E-state index >= 15 is 0 Å². The van der Waals surface area contributed by atoms with Gasteiger partial charge in [-0.15, -0.1) is 0 Å². The molecule has 0 saturated heterocycles. The van der Waals surface area contributed by atoms with Crippen molar-refractivity contribution in [2.75, 3.05) is 13.4 Å². The van der Waals surface area contributed by atoms with Gasteiger partial charge in [0.2, 0.25) is 12.7 Å². The molecule has 1 aromatic rings. The topological polar surface area (TPSA) is 51.5 Å². The van der Waals surface area contributed by atoms with Crippen LogP contribution in [0.4, 0.5) is 0 Å². The molecule has 1 aromatic carbocycles. The van der Waals surface area contributed by atoms with E-state index in [9.17, 15) is 0 Å². The van der Waals surface area contributed by atoms with Gasteiger partial charge in [0.05, 0.1) is 11.6 Å². The van der Waals surface area contributed by atoms with Crippen LogP contribution in [0.1, 0.15) is 12.5 Å². The Labute approximate surface area is 92.2 Å². The van der Waals surface area contributed by atoms with E-state index in [0.29, 0.717) is 28.7 Å². The van der Waals surface area contributed by atoms with Crippen molar-refractivity contribution in [2.24, 2.45) is 0 Å². The van der Waals surface area contributed by atoms with Crippen LogP contribution < -0.4 is 9.47 Å². The van der Waals surface area contributed by atoms with Crippen LogP contribution in [-0.4, -0.2) is 19.3 Å². The van der Waals surface area contributed by atoms with Crippen molar-refractivity contribution in [1.82, 2.24) is 0 Å². The highest BCUT2D eigenvalue weighted by Gasteiger charge is 2.19. The maximum atomic E-state index is 7.61. The predicted molar refractivity (Wildman–Crippen MR) is 56.0 cm³/mol. The monoisotopic (exact) mass is 227 g/mol. The first-order valence-electron chi connectivity index (χ1n) is 4.53. The van der Waals surface area contributed by atoms with Gasteiger partial charge >= 0.3 is 0 Å². The number of rotatable bonds is 2. The second kappa shape index (κ2) is 3.98. The summed E-state index contributed by atoms with van der Waals surface area (Å²) in [5.74, 6) is 1.17. The normalized spacial score (nSPS) is 12.7. The Hall–Kier alpha value is -1.42. The molecule has 0 amide bonds. The van der Waals surface area contributed by atoms with Gasteiger partial charge in [-0.25, -0.2) is 0 Å². The second-order valence-electron chi connectivity index (χ2n) is 2.95. The van der Waals surface area contributed by atoms with E-state index in [2.05, 4.69) is 0 Å². The summed E-state index contributed by atoms with van der Waals surface area (Å²) in [4.78, 5) is 0. The van der Waals surface area contributed by atoms with Gasteiger partial charge in [0.25, 0.3) is 0 Å². The number of fused-ring (bicyclic) bond motifs is 1. The van der Waals surface area contributed by atoms with Gasteiger partial charge in [0.1, 0.15) is 0 Å². The number of hydrogen-bond donors (Lipinski definition) is 1. The summed E-state index contributed by atoms with van der Waals surface area (Å²) in [6.45, 7) is 2.44. The lowest BCUT2D eigenvalue weighted by molar-refractivity contribution is 0.174. The van der Waals surface area contributed by atoms with Crippen LogP contribution >= 0.6 is 11.6 Å².